The summed E-state index contributed by atoms with van der Waals surface area (Å²) in [5, 5.41) is 0.156. The molecule has 6 heteroatoms. The highest BCUT2D eigenvalue weighted by atomic mass is 28.4. The summed E-state index contributed by atoms with van der Waals surface area (Å²) in [4.78, 5) is 2.63. The average molecular weight is 458 g/mol. The van der Waals surface area contributed by atoms with Crippen LogP contribution in [0.15, 0.2) is 23.8 Å². The molecule has 0 saturated carbocycles. The molecule has 0 aromatic heterocycles. The van der Waals surface area contributed by atoms with Gasteiger partial charge in [-0.05, 0) is 53.7 Å². The lowest BCUT2D eigenvalue weighted by molar-refractivity contribution is -0.0577. The summed E-state index contributed by atoms with van der Waals surface area (Å²) >= 11 is 0. The van der Waals surface area contributed by atoms with Crippen LogP contribution in [0.25, 0.3) is 0 Å². The van der Waals surface area contributed by atoms with E-state index in [0.29, 0.717) is 18.8 Å². The number of nitrogens with zero attached hydrogens (tertiary/aromatic N) is 1. The van der Waals surface area contributed by atoms with Crippen LogP contribution in [-0.2, 0) is 15.7 Å². The van der Waals surface area contributed by atoms with E-state index in [-0.39, 0.29) is 23.2 Å². The predicted octanol–water partition coefficient (Wildman–Crippen LogP) is 5.46. The lowest BCUT2D eigenvalue weighted by atomic mass is 9.73. The van der Waals surface area contributed by atoms with Crippen molar-refractivity contribution in [2.24, 2.45) is 5.92 Å². The Balaban J connectivity index is 1.58. The maximum Gasteiger partial charge on any atom is 0.231 e. The van der Waals surface area contributed by atoms with Crippen LogP contribution in [0.1, 0.15) is 58.1 Å². The van der Waals surface area contributed by atoms with Crippen LogP contribution in [0.5, 0.6) is 11.5 Å². The second-order valence-electron chi connectivity index (χ2n) is 11.9. The lowest BCUT2D eigenvalue weighted by Crippen LogP contribution is -2.55. The molecule has 1 saturated heterocycles. The minimum absolute atomic E-state index is 0.000274. The van der Waals surface area contributed by atoms with Gasteiger partial charge >= 0.3 is 0 Å². The predicted molar refractivity (Wildman–Crippen MR) is 129 cm³/mol. The topological polar surface area (TPSA) is 40.2 Å². The van der Waals surface area contributed by atoms with Gasteiger partial charge in [-0.1, -0.05) is 46.3 Å². The molecule has 4 aliphatic rings. The Labute approximate surface area is 194 Å². The van der Waals surface area contributed by atoms with Crippen molar-refractivity contribution in [1.29, 1.82) is 0 Å². The van der Waals surface area contributed by atoms with Gasteiger partial charge in [0, 0.05) is 31.7 Å². The highest BCUT2D eigenvalue weighted by Gasteiger charge is 2.52. The summed E-state index contributed by atoms with van der Waals surface area (Å²) in [7, 11) is -1.97. The lowest BCUT2D eigenvalue weighted by Gasteiger charge is -2.49. The van der Waals surface area contributed by atoms with Crippen molar-refractivity contribution in [3.63, 3.8) is 0 Å². The third-order valence-corrected chi connectivity index (χ3v) is 12.6. The van der Waals surface area contributed by atoms with E-state index in [1.807, 2.05) is 0 Å². The highest BCUT2D eigenvalue weighted by molar-refractivity contribution is 6.74. The van der Waals surface area contributed by atoms with Gasteiger partial charge in [0.15, 0.2) is 19.8 Å². The van der Waals surface area contributed by atoms with Gasteiger partial charge in [0.2, 0.25) is 6.79 Å². The van der Waals surface area contributed by atoms with Gasteiger partial charge in [-0.25, -0.2) is 0 Å². The van der Waals surface area contributed by atoms with E-state index >= 15 is 0 Å². The first-order valence-electron chi connectivity index (χ1n) is 12.2. The van der Waals surface area contributed by atoms with E-state index in [1.165, 1.54) is 16.7 Å². The molecule has 5 nitrogen and oxygen atoms in total. The maximum absolute atomic E-state index is 7.06. The molecular formula is C26H39NO4Si. The van der Waals surface area contributed by atoms with E-state index in [0.717, 1.165) is 37.6 Å². The van der Waals surface area contributed by atoms with Gasteiger partial charge in [0.1, 0.15) is 0 Å². The van der Waals surface area contributed by atoms with Gasteiger partial charge in [-0.3, -0.25) is 4.90 Å². The first kappa shape index (κ1) is 22.4. The molecule has 0 amide bonds. The summed E-state index contributed by atoms with van der Waals surface area (Å²) in [5.74, 6) is 2.48. The van der Waals surface area contributed by atoms with E-state index in [2.05, 4.69) is 70.8 Å². The first-order chi connectivity index (χ1) is 15.0. The van der Waals surface area contributed by atoms with E-state index in [1.54, 1.807) is 0 Å². The Hall–Kier alpha value is -1.34. The van der Waals surface area contributed by atoms with Crippen molar-refractivity contribution in [2.45, 2.75) is 89.9 Å². The van der Waals surface area contributed by atoms with Crippen molar-refractivity contribution in [3.8, 4) is 11.5 Å². The van der Waals surface area contributed by atoms with Gasteiger partial charge in [-0.2, -0.15) is 0 Å². The fourth-order valence-corrected chi connectivity index (χ4v) is 6.67. The minimum atomic E-state index is -1.97. The molecule has 5 rings (SSSR count). The van der Waals surface area contributed by atoms with E-state index in [9.17, 15) is 0 Å². The zero-order valence-electron chi connectivity index (χ0n) is 20.7. The molecule has 1 aliphatic carbocycles. The third-order valence-electron chi connectivity index (χ3n) is 8.08. The number of fused-ring (bicyclic) bond motifs is 3. The van der Waals surface area contributed by atoms with Gasteiger partial charge in [-0.15, -0.1) is 0 Å². The van der Waals surface area contributed by atoms with Crippen molar-refractivity contribution >= 4 is 8.32 Å². The summed E-state index contributed by atoms with van der Waals surface area (Å²) < 4.78 is 25.3. The number of hydrogen-bond acceptors (Lipinski definition) is 5. The minimum Gasteiger partial charge on any atom is -0.454 e. The molecule has 3 heterocycles. The second kappa shape index (κ2) is 7.86. The van der Waals surface area contributed by atoms with Crippen molar-refractivity contribution in [1.82, 2.24) is 4.90 Å². The van der Waals surface area contributed by atoms with Crippen LogP contribution in [0, 0.1) is 5.92 Å². The van der Waals surface area contributed by atoms with Gasteiger partial charge < -0.3 is 18.6 Å². The number of ether oxygens (including phenoxy) is 3. The van der Waals surface area contributed by atoms with Crippen LogP contribution in [0.4, 0.5) is 0 Å². The Morgan fingerprint density at radius 1 is 1.16 bits per heavy atom. The zero-order chi connectivity index (χ0) is 22.8. The largest absolute Gasteiger partial charge is 0.454 e. The standard InChI is InChI=1S/C26H39NO4Si/c1-16(2)14-28-25-22(31-32(6,7)26(3,4)5)10-17-8-9-27-13-18-11-20-21(30-15-29-20)12-19(18)23(25)24(17)27/h10-12,16,22-25H,8-9,13-15H2,1-7H3/t22-,23-,24?,25+/m0/s1. The smallest absolute Gasteiger partial charge is 0.231 e. The molecule has 1 aromatic carbocycles. The zero-order valence-corrected chi connectivity index (χ0v) is 21.7. The molecule has 0 N–H and O–H groups in total. The summed E-state index contributed by atoms with van der Waals surface area (Å²) in [5.41, 5.74) is 4.25. The summed E-state index contributed by atoms with van der Waals surface area (Å²) in [6.45, 7) is 19.2. The van der Waals surface area contributed by atoms with Gasteiger partial charge in [0.25, 0.3) is 0 Å². The fraction of sp³-hybridized carbons (Fsp3) is 0.692. The van der Waals surface area contributed by atoms with Crippen LogP contribution < -0.4 is 9.47 Å². The van der Waals surface area contributed by atoms with Crippen LogP contribution in [0.2, 0.25) is 18.1 Å². The number of benzene rings is 1. The Morgan fingerprint density at radius 3 is 2.56 bits per heavy atom. The Morgan fingerprint density at radius 2 is 1.88 bits per heavy atom. The molecule has 0 spiro atoms. The molecule has 4 atom stereocenters. The summed E-state index contributed by atoms with van der Waals surface area (Å²) in [6, 6.07) is 4.84. The molecule has 0 radical (unpaired) electrons. The maximum atomic E-state index is 7.06. The molecule has 176 valence electrons. The van der Waals surface area contributed by atoms with Crippen LogP contribution >= 0.6 is 0 Å². The molecular weight excluding hydrogens is 418 g/mol. The molecule has 32 heavy (non-hydrogen) atoms. The van der Waals surface area contributed by atoms with Crippen molar-refractivity contribution in [2.75, 3.05) is 19.9 Å². The third kappa shape index (κ3) is 3.73. The first-order valence-corrected chi connectivity index (χ1v) is 15.1. The molecule has 0 bridgehead atoms. The second-order valence-corrected chi connectivity index (χ2v) is 16.6. The highest BCUT2D eigenvalue weighted by Crippen LogP contribution is 2.51. The van der Waals surface area contributed by atoms with Gasteiger partial charge in [0.05, 0.1) is 12.2 Å². The van der Waals surface area contributed by atoms with E-state index < -0.39 is 8.32 Å². The van der Waals surface area contributed by atoms with Crippen LogP contribution in [0.3, 0.4) is 0 Å². The average Bonchev–Trinajstić information content (AvgIpc) is 3.31. The van der Waals surface area contributed by atoms with Crippen molar-refractivity contribution in [3.05, 3.63) is 34.9 Å². The number of rotatable bonds is 5. The molecule has 1 aromatic rings. The molecule has 3 aliphatic heterocycles. The Bertz CT molecular complexity index is 919. The summed E-state index contributed by atoms with van der Waals surface area (Å²) in [6.07, 6.45) is 3.54. The normalized spacial score (nSPS) is 29.2. The number of hydrogen-bond donors (Lipinski definition) is 0. The van der Waals surface area contributed by atoms with Crippen LogP contribution in [-0.4, -0.2) is 51.4 Å². The van der Waals surface area contributed by atoms with Crippen molar-refractivity contribution < 1.29 is 18.6 Å². The SMILES string of the molecule is CC(C)CO[C@@H]1[C@@H](O[Si](C)(C)C(C)(C)C)C=C2CCN3Cc4cc5c(cc4[C@H]1C23)OCO5. The van der Waals surface area contributed by atoms with E-state index in [4.69, 9.17) is 18.6 Å². The Kier molecular flexibility index (Phi) is 5.52. The molecule has 1 unspecified atom stereocenters. The molecule has 1 fully saturated rings. The quantitative estimate of drug-likeness (QED) is 0.434. The fourth-order valence-electron chi connectivity index (χ4n) is 5.43. The monoisotopic (exact) mass is 457 g/mol.